The summed E-state index contributed by atoms with van der Waals surface area (Å²) in [4.78, 5) is 16.1. The van der Waals surface area contributed by atoms with E-state index in [1.807, 2.05) is 6.20 Å². The maximum absolute atomic E-state index is 4.47. The first-order valence-corrected chi connectivity index (χ1v) is 5.95. The Morgan fingerprint density at radius 3 is 2.71 bits per heavy atom. The number of hydrogen-bond donors (Lipinski definition) is 2. The smallest absolute Gasteiger partial charge is 0.109 e. The zero-order valence-corrected chi connectivity index (χ0v) is 9.56. The van der Waals surface area contributed by atoms with Gasteiger partial charge in [-0.25, -0.2) is 4.98 Å². The minimum absolute atomic E-state index is 0.543. The van der Waals surface area contributed by atoms with Crippen LogP contribution in [0.4, 0.5) is 0 Å². The molecule has 2 aromatic rings. The van der Waals surface area contributed by atoms with E-state index in [0.29, 0.717) is 5.92 Å². The normalized spacial score (nSPS) is 17.2. The van der Waals surface area contributed by atoms with Crippen molar-refractivity contribution < 1.29 is 0 Å². The zero-order valence-electron chi connectivity index (χ0n) is 9.56. The molecule has 0 spiro atoms. The van der Waals surface area contributed by atoms with Gasteiger partial charge in [0.1, 0.15) is 11.5 Å². The molecule has 0 saturated carbocycles. The molecule has 0 aromatic carbocycles. The second-order valence-corrected chi connectivity index (χ2v) is 4.30. The van der Waals surface area contributed by atoms with Crippen molar-refractivity contribution in [3.05, 3.63) is 30.6 Å². The Morgan fingerprint density at radius 2 is 1.94 bits per heavy atom. The van der Waals surface area contributed by atoms with Crippen LogP contribution >= 0.6 is 0 Å². The molecule has 1 aliphatic heterocycles. The van der Waals surface area contributed by atoms with Crippen molar-refractivity contribution in [3.63, 3.8) is 0 Å². The summed E-state index contributed by atoms with van der Waals surface area (Å²) < 4.78 is 0. The monoisotopic (exact) mass is 229 g/mol. The van der Waals surface area contributed by atoms with Crippen molar-refractivity contribution in [3.8, 4) is 11.4 Å². The summed E-state index contributed by atoms with van der Waals surface area (Å²) >= 11 is 0. The Hall–Kier alpha value is -1.75. The molecule has 0 bridgehead atoms. The molecule has 1 saturated heterocycles. The third-order valence-corrected chi connectivity index (χ3v) is 3.16. The average molecular weight is 229 g/mol. The molecule has 5 heteroatoms. The summed E-state index contributed by atoms with van der Waals surface area (Å²) in [7, 11) is 0. The van der Waals surface area contributed by atoms with Gasteiger partial charge < -0.3 is 10.3 Å². The van der Waals surface area contributed by atoms with E-state index in [-0.39, 0.29) is 0 Å². The van der Waals surface area contributed by atoms with Crippen molar-refractivity contribution in [2.24, 2.45) is 0 Å². The van der Waals surface area contributed by atoms with Gasteiger partial charge in [-0.2, -0.15) is 0 Å². The summed E-state index contributed by atoms with van der Waals surface area (Å²) in [6, 6.07) is 0. The molecule has 1 fully saturated rings. The minimum atomic E-state index is 0.543. The van der Waals surface area contributed by atoms with Crippen molar-refractivity contribution in [1.29, 1.82) is 0 Å². The van der Waals surface area contributed by atoms with E-state index in [4.69, 9.17) is 0 Å². The number of aromatic nitrogens is 4. The second kappa shape index (κ2) is 4.63. The van der Waals surface area contributed by atoms with E-state index in [2.05, 4.69) is 25.3 Å². The SMILES string of the molecule is c1cnc(-c2cnc(C3CCNCC3)[nH]2)cn1. The summed E-state index contributed by atoms with van der Waals surface area (Å²) in [5, 5.41) is 3.36. The molecule has 17 heavy (non-hydrogen) atoms. The predicted octanol–water partition coefficient (Wildman–Crippen LogP) is 1.33. The zero-order chi connectivity index (χ0) is 11.5. The topological polar surface area (TPSA) is 66.5 Å². The van der Waals surface area contributed by atoms with Crippen LogP contribution < -0.4 is 5.32 Å². The standard InChI is InChI=1S/C12H15N5/c1-3-13-4-2-9(1)12-16-8-11(17-12)10-7-14-5-6-15-10/h5-9,13H,1-4H2,(H,16,17). The highest BCUT2D eigenvalue weighted by molar-refractivity contribution is 5.51. The third-order valence-electron chi connectivity index (χ3n) is 3.16. The highest BCUT2D eigenvalue weighted by atomic mass is 15.0. The number of imidazole rings is 1. The van der Waals surface area contributed by atoms with Crippen molar-refractivity contribution in [2.45, 2.75) is 18.8 Å². The lowest BCUT2D eigenvalue weighted by Crippen LogP contribution is -2.27. The van der Waals surface area contributed by atoms with E-state index in [0.717, 1.165) is 43.1 Å². The summed E-state index contributed by atoms with van der Waals surface area (Å²) in [5.41, 5.74) is 1.80. The highest BCUT2D eigenvalue weighted by Crippen LogP contribution is 2.24. The molecule has 5 nitrogen and oxygen atoms in total. The average Bonchev–Trinajstić information content (AvgIpc) is 2.90. The fourth-order valence-electron chi connectivity index (χ4n) is 2.21. The predicted molar refractivity (Wildman–Crippen MR) is 64.5 cm³/mol. The van der Waals surface area contributed by atoms with Gasteiger partial charge in [-0.05, 0) is 25.9 Å². The van der Waals surface area contributed by atoms with Gasteiger partial charge in [0.2, 0.25) is 0 Å². The Kier molecular flexibility index (Phi) is 2.83. The summed E-state index contributed by atoms with van der Waals surface area (Å²) in [5.74, 6) is 1.62. The fourth-order valence-corrected chi connectivity index (χ4v) is 2.21. The number of aromatic amines is 1. The Bertz CT molecular complexity index is 473. The van der Waals surface area contributed by atoms with Crippen LogP contribution in [-0.4, -0.2) is 33.0 Å². The van der Waals surface area contributed by atoms with Gasteiger partial charge in [-0.1, -0.05) is 0 Å². The molecule has 3 heterocycles. The van der Waals surface area contributed by atoms with Crippen LogP contribution in [0.1, 0.15) is 24.6 Å². The molecule has 0 atom stereocenters. The summed E-state index contributed by atoms with van der Waals surface area (Å²) in [6.45, 7) is 2.15. The van der Waals surface area contributed by atoms with E-state index in [1.54, 1.807) is 18.6 Å². The molecule has 0 aliphatic carbocycles. The molecular formula is C12H15N5. The van der Waals surface area contributed by atoms with Gasteiger partial charge >= 0.3 is 0 Å². The summed E-state index contributed by atoms with van der Waals surface area (Å²) in [6.07, 6.45) is 9.26. The van der Waals surface area contributed by atoms with Gasteiger partial charge in [0.25, 0.3) is 0 Å². The maximum Gasteiger partial charge on any atom is 0.109 e. The molecule has 0 radical (unpaired) electrons. The molecule has 2 N–H and O–H groups in total. The number of H-pyrrole nitrogens is 1. The minimum Gasteiger partial charge on any atom is -0.340 e. The van der Waals surface area contributed by atoms with Gasteiger partial charge in [0, 0.05) is 18.3 Å². The molecular weight excluding hydrogens is 214 g/mol. The van der Waals surface area contributed by atoms with Crippen LogP contribution in [0, 0.1) is 0 Å². The molecule has 88 valence electrons. The lowest BCUT2D eigenvalue weighted by atomic mass is 9.98. The number of rotatable bonds is 2. The van der Waals surface area contributed by atoms with E-state index in [9.17, 15) is 0 Å². The van der Waals surface area contributed by atoms with Gasteiger partial charge in [-0.3, -0.25) is 9.97 Å². The molecule has 3 rings (SSSR count). The van der Waals surface area contributed by atoms with Gasteiger partial charge in [0.15, 0.2) is 0 Å². The lowest BCUT2D eigenvalue weighted by molar-refractivity contribution is 0.447. The van der Waals surface area contributed by atoms with Gasteiger partial charge in [-0.15, -0.1) is 0 Å². The maximum atomic E-state index is 4.47. The first-order valence-electron chi connectivity index (χ1n) is 5.95. The second-order valence-electron chi connectivity index (χ2n) is 4.30. The first-order chi connectivity index (χ1) is 8.43. The van der Waals surface area contributed by atoms with Crippen molar-refractivity contribution in [1.82, 2.24) is 25.3 Å². The fraction of sp³-hybridized carbons (Fsp3) is 0.417. The molecule has 2 aromatic heterocycles. The number of nitrogens with one attached hydrogen (secondary N) is 2. The largest absolute Gasteiger partial charge is 0.340 e. The third kappa shape index (κ3) is 2.19. The first kappa shape index (κ1) is 10.4. The number of nitrogens with zero attached hydrogens (tertiary/aromatic N) is 3. The van der Waals surface area contributed by atoms with E-state index in [1.165, 1.54) is 0 Å². The van der Waals surface area contributed by atoms with E-state index >= 15 is 0 Å². The van der Waals surface area contributed by atoms with Crippen LogP contribution in [0.2, 0.25) is 0 Å². The molecule has 0 unspecified atom stereocenters. The molecule has 0 amide bonds. The molecule has 1 aliphatic rings. The van der Waals surface area contributed by atoms with Crippen LogP contribution in [0.3, 0.4) is 0 Å². The van der Waals surface area contributed by atoms with Crippen molar-refractivity contribution in [2.75, 3.05) is 13.1 Å². The van der Waals surface area contributed by atoms with Crippen LogP contribution in [0.15, 0.2) is 24.8 Å². The number of piperidine rings is 1. The van der Waals surface area contributed by atoms with Gasteiger partial charge in [0.05, 0.1) is 18.1 Å². The van der Waals surface area contributed by atoms with Crippen LogP contribution in [0.5, 0.6) is 0 Å². The Labute approximate surface area is 99.7 Å². The van der Waals surface area contributed by atoms with Crippen LogP contribution in [-0.2, 0) is 0 Å². The van der Waals surface area contributed by atoms with Crippen LogP contribution in [0.25, 0.3) is 11.4 Å². The van der Waals surface area contributed by atoms with E-state index < -0.39 is 0 Å². The Morgan fingerprint density at radius 1 is 1.06 bits per heavy atom. The van der Waals surface area contributed by atoms with Crippen molar-refractivity contribution >= 4 is 0 Å². The lowest BCUT2D eigenvalue weighted by Gasteiger charge is -2.20. The quantitative estimate of drug-likeness (QED) is 0.815. The Balaban J connectivity index is 1.83. The highest BCUT2D eigenvalue weighted by Gasteiger charge is 2.18. The number of hydrogen-bond acceptors (Lipinski definition) is 4.